The Morgan fingerprint density at radius 3 is 2.74 bits per heavy atom. The molecule has 0 radical (unpaired) electrons. The summed E-state index contributed by atoms with van der Waals surface area (Å²) in [7, 11) is 0. The predicted octanol–water partition coefficient (Wildman–Crippen LogP) is 3.97. The summed E-state index contributed by atoms with van der Waals surface area (Å²) >= 11 is 0. The number of hydrogen-bond acceptors (Lipinski definition) is 4. The minimum Gasteiger partial charge on any atom is -0.393 e. The molecule has 0 aromatic rings. The summed E-state index contributed by atoms with van der Waals surface area (Å²) in [5.41, 5.74) is 4.80. The molecule has 31 heavy (non-hydrogen) atoms. The minimum atomic E-state index is -0.367. The Hall–Kier alpha value is -0.680. The SMILES string of the molecule is CC1=C2C[C@H]3[C@@H](CC=C4C[C@@H](O)CC[C@@]43C)[C@@H]2CC[C@]12O[C@@H]1[C@H](O)[C@H](C)CN[C@H]1[C@H]2C. The first-order valence-corrected chi connectivity index (χ1v) is 12.9. The van der Waals surface area contributed by atoms with Crippen molar-refractivity contribution in [2.45, 2.75) is 103 Å². The van der Waals surface area contributed by atoms with Crippen molar-refractivity contribution < 1.29 is 14.9 Å². The van der Waals surface area contributed by atoms with Gasteiger partial charge in [-0.3, -0.25) is 0 Å². The van der Waals surface area contributed by atoms with Gasteiger partial charge in [0.05, 0.1) is 17.8 Å². The summed E-state index contributed by atoms with van der Waals surface area (Å²) in [6.07, 6.45) is 9.63. The molecule has 0 aromatic carbocycles. The van der Waals surface area contributed by atoms with E-state index in [1.807, 2.05) is 0 Å². The number of fused-ring (bicyclic) bond motifs is 6. The number of aliphatic hydroxyl groups excluding tert-OH is 2. The molecular formula is C27H41NO3. The topological polar surface area (TPSA) is 61.7 Å². The van der Waals surface area contributed by atoms with Gasteiger partial charge < -0.3 is 20.3 Å². The van der Waals surface area contributed by atoms with Gasteiger partial charge >= 0.3 is 0 Å². The van der Waals surface area contributed by atoms with Gasteiger partial charge in [-0.25, -0.2) is 0 Å². The van der Waals surface area contributed by atoms with Crippen LogP contribution in [0.25, 0.3) is 0 Å². The molecule has 0 unspecified atom stereocenters. The zero-order chi connectivity index (χ0) is 21.7. The van der Waals surface area contributed by atoms with E-state index in [0.717, 1.165) is 38.1 Å². The van der Waals surface area contributed by atoms with E-state index >= 15 is 0 Å². The highest BCUT2D eigenvalue weighted by Gasteiger charge is 2.61. The van der Waals surface area contributed by atoms with Crippen molar-refractivity contribution in [3.05, 3.63) is 22.8 Å². The largest absolute Gasteiger partial charge is 0.393 e. The molecule has 2 saturated carbocycles. The maximum atomic E-state index is 10.9. The molecule has 0 aromatic heterocycles. The second-order valence-corrected chi connectivity index (χ2v) is 12.2. The van der Waals surface area contributed by atoms with E-state index in [1.165, 1.54) is 30.4 Å². The molecule has 6 rings (SSSR count). The normalized spacial score (nSPS) is 56.1. The number of aliphatic hydroxyl groups is 2. The third-order valence-corrected chi connectivity index (χ3v) is 11.1. The van der Waals surface area contributed by atoms with Gasteiger partial charge in [-0.05, 0) is 86.5 Å². The predicted molar refractivity (Wildman–Crippen MR) is 121 cm³/mol. The van der Waals surface area contributed by atoms with E-state index in [0.29, 0.717) is 17.8 Å². The number of piperidine rings is 1. The molecule has 3 N–H and O–H groups in total. The molecule has 4 fully saturated rings. The molecule has 1 spiro atoms. The maximum Gasteiger partial charge on any atom is 0.100 e. The maximum absolute atomic E-state index is 10.9. The second-order valence-electron chi connectivity index (χ2n) is 12.2. The van der Waals surface area contributed by atoms with Gasteiger partial charge in [0.1, 0.15) is 6.10 Å². The highest BCUT2D eigenvalue weighted by molar-refractivity contribution is 5.38. The molecule has 2 heterocycles. The van der Waals surface area contributed by atoms with Crippen molar-refractivity contribution in [3.63, 3.8) is 0 Å². The van der Waals surface area contributed by atoms with Gasteiger partial charge in [0.2, 0.25) is 0 Å². The quantitative estimate of drug-likeness (QED) is 0.512. The average molecular weight is 428 g/mol. The van der Waals surface area contributed by atoms with Crippen LogP contribution in [0.1, 0.15) is 72.6 Å². The first kappa shape index (κ1) is 20.9. The first-order chi connectivity index (χ1) is 14.8. The van der Waals surface area contributed by atoms with Crippen LogP contribution in [0, 0.1) is 35.0 Å². The van der Waals surface area contributed by atoms with Crippen LogP contribution in [0.5, 0.6) is 0 Å². The fourth-order valence-corrected chi connectivity index (χ4v) is 9.04. The monoisotopic (exact) mass is 427 g/mol. The van der Waals surface area contributed by atoms with Crippen molar-refractivity contribution in [2.75, 3.05) is 6.54 Å². The Bertz CT molecular complexity index is 834. The van der Waals surface area contributed by atoms with Gasteiger partial charge in [-0.1, -0.05) is 38.0 Å². The molecule has 172 valence electrons. The van der Waals surface area contributed by atoms with Crippen LogP contribution in [-0.2, 0) is 4.74 Å². The first-order valence-electron chi connectivity index (χ1n) is 12.9. The number of nitrogens with one attached hydrogen (secondary N) is 1. The lowest BCUT2D eigenvalue weighted by Gasteiger charge is -2.49. The average Bonchev–Trinajstić information content (AvgIpc) is 3.27. The summed E-state index contributed by atoms with van der Waals surface area (Å²) in [6.45, 7) is 10.2. The Balaban J connectivity index is 1.34. The number of hydrogen-bond donors (Lipinski definition) is 3. The molecule has 0 bridgehead atoms. The highest BCUT2D eigenvalue weighted by Crippen LogP contribution is 2.65. The molecule has 6 aliphatic rings. The third kappa shape index (κ3) is 2.68. The summed E-state index contributed by atoms with van der Waals surface area (Å²) in [5, 5.41) is 24.9. The van der Waals surface area contributed by atoms with Crippen molar-refractivity contribution in [1.82, 2.24) is 5.32 Å². The Labute approximate surface area is 187 Å². The van der Waals surface area contributed by atoms with Crippen molar-refractivity contribution in [2.24, 2.45) is 35.0 Å². The van der Waals surface area contributed by atoms with Crippen LogP contribution < -0.4 is 5.32 Å². The van der Waals surface area contributed by atoms with Crippen LogP contribution >= 0.6 is 0 Å². The summed E-state index contributed by atoms with van der Waals surface area (Å²) in [5.74, 6) is 2.81. The van der Waals surface area contributed by atoms with Crippen LogP contribution in [0.15, 0.2) is 22.8 Å². The zero-order valence-corrected chi connectivity index (χ0v) is 19.7. The van der Waals surface area contributed by atoms with Gasteiger partial charge in [-0.15, -0.1) is 0 Å². The van der Waals surface area contributed by atoms with Crippen LogP contribution in [0.4, 0.5) is 0 Å². The lowest BCUT2D eigenvalue weighted by molar-refractivity contribution is -0.109. The van der Waals surface area contributed by atoms with Crippen LogP contribution in [-0.4, -0.2) is 46.7 Å². The number of ether oxygens (including phenoxy) is 1. The molecule has 11 atom stereocenters. The van der Waals surface area contributed by atoms with Gasteiger partial charge in [-0.2, -0.15) is 0 Å². The van der Waals surface area contributed by atoms with E-state index in [-0.39, 0.29) is 41.3 Å². The fourth-order valence-electron chi connectivity index (χ4n) is 9.04. The standard InChI is InChI=1S/C27H41NO3/c1-14-13-28-23-16(3)27(31-25(23)24(14)30)10-8-19-20-6-5-17-11-18(29)7-9-26(17,4)22(20)12-21(19)15(27)2/h5,14,16,18-20,22-25,28-30H,6-13H2,1-4H3/t14-,16-,18+,19+,20+,22+,23+,24-,25+,26+,27+/m1/s1. The molecule has 4 heteroatoms. The van der Waals surface area contributed by atoms with E-state index < -0.39 is 0 Å². The number of allylic oxidation sites excluding steroid dienone is 2. The van der Waals surface area contributed by atoms with Crippen molar-refractivity contribution in [1.29, 1.82) is 0 Å². The van der Waals surface area contributed by atoms with Crippen molar-refractivity contribution in [3.8, 4) is 0 Å². The Kier molecular flexibility index (Phi) is 4.66. The number of rotatable bonds is 0. The Morgan fingerprint density at radius 2 is 1.94 bits per heavy atom. The Morgan fingerprint density at radius 1 is 1.13 bits per heavy atom. The van der Waals surface area contributed by atoms with E-state index in [4.69, 9.17) is 4.74 Å². The molecule has 4 nitrogen and oxygen atoms in total. The van der Waals surface area contributed by atoms with Crippen LogP contribution in [0.2, 0.25) is 0 Å². The van der Waals surface area contributed by atoms with E-state index in [2.05, 4.69) is 39.1 Å². The summed E-state index contributed by atoms with van der Waals surface area (Å²) < 4.78 is 6.89. The van der Waals surface area contributed by atoms with Crippen LogP contribution in [0.3, 0.4) is 0 Å². The molecule has 2 aliphatic heterocycles. The highest BCUT2D eigenvalue weighted by atomic mass is 16.5. The molecular weight excluding hydrogens is 386 g/mol. The molecule has 4 aliphatic carbocycles. The molecule has 0 amide bonds. The fraction of sp³-hybridized carbons (Fsp3) is 0.852. The van der Waals surface area contributed by atoms with Gasteiger partial charge in [0.25, 0.3) is 0 Å². The zero-order valence-electron chi connectivity index (χ0n) is 19.7. The minimum absolute atomic E-state index is 0.0832. The lowest BCUT2D eigenvalue weighted by Crippen LogP contribution is -2.56. The van der Waals surface area contributed by atoms with Crippen molar-refractivity contribution >= 4 is 0 Å². The van der Waals surface area contributed by atoms with E-state index in [9.17, 15) is 10.2 Å². The smallest absolute Gasteiger partial charge is 0.100 e. The molecule has 2 saturated heterocycles. The summed E-state index contributed by atoms with van der Waals surface area (Å²) in [6, 6.07) is 0.257. The lowest BCUT2D eigenvalue weighted by atomic mass is 9.56. The van der Waals surface area contributed by atoms with Gasteiger partial charge in [0.15, 0.2) is 0 Å². The third-order valence-electron chi connectivity index (χ3n) is 11.1. The summed E-state index contributed by atoms with van der Waals surface area (Å²) in [4.78, 5) is 0. The van der Waals surface area contributed by atoms with Gasteiger partial charge in [0, 0.05) is 18.5 Å². The second kappa shape index (κ2) is 6.91. The van der Waals surface area contributed by atoms with E-state index in [1.54, 1.807) is 5.57 Å².